The molecule has 0 aliphatic carbocycles. The SMILES string of the molecule is CN=C(NCCCCSC)NCc1cccc(OCC(F)(F)F)c1. The van der Waals surface area contributed by atoms with Crippen molar-refractivity contribution in [1.82, 2.24) is 10.6 Å². The maximum atomic E-state index is 12.2. The Labute approximate surface area is 145 Å². The van der Waals surface area contributed by atoms with E-state index in [0.29, 0.717) is 12.5 Å². The van der Waals surface area contributed by atoms with Crippen LogP contribution in [-0.2, 0) is 6.54 Å². The van der Waals surface area contributed by atoms with E-state index in [1.165, 1.54) is 6.07 Å². The van der Waals surface area contributed by atoms with Crippen molar-refractivity contribution in [2.45, 2.75) is 25.6 Å². The molecule has 0 saturated carbocycles. The maximum Gasteiger partial charge on any atom is 0.422 e. The molecule has 0 amide bonds. The zero-order valence-electron chi connectivity index (χ0n) is 13.9. The largest absolute Gasteiger partial charge is 0.484 e. The van der Waals surface area contributed by atoms with Gasteiger partial charge in [-0.1, -0.05) is 12.1 Å². The average molecular weight is 363 g/mol. The van der Waals surface area contributed by atoms with E-state index in [0.717, 1.165) is 30.7 Å². The van der Waals surface area contributed by atoms with Gasteiger partial charge in [-0.3, -0.25) is 4.99 Å². The van der Waals surface area contributed by atoms with Crippen LogP contribution in [0, 0.1) is 0 Å². The van der Waals surface area contributed by atoms with Gasteiger partial charge in [0.25, 0.3) is 0 Å². The van der Waals surface area contributed by atoms with Gasteiger partial charge >= 0.3 is 6.18 Å². The van der Waals surface area contributed by atoms with E-state index < -0.39 is 12.8 Å². The molecule has 136 valence electrons. The molecule has 0 aliphatic heterocycles. The van der Waals surface area contributed by atoms with E-state index in [4.69, 9.17) is 4.74 Å². The third-order valence-corrected chi connectivity index (χ3v) is 3.75. The van der Waals surface area contributed by atoms with Gasteiger partial charge in [0.1, 0.15) is 5.75 Å². The highest BCUT2D eigenvalue weighted by Crippen LogP contribution is 2.19. The van der Waals surface area contributed by atoms with E-state index >= 15 is 0 Å². The number of hydrogen-bond acceptors (Lipinski definition) is 3. The molecule has 0 bridgehead atoms. The molecule has 0 spiro atoms. The fourth-order valence-electron chi connectivity index (χ4n) is 1.89. The number of ether oxygens (including phenoxy) is 1. The predicted molar refractivity (Wildman–Crippen MR) is 93.8 cm³/mol. The lowest BCUT2D eigenvalue weighted by Crippen LogP contribution is -2.37. The first-order valence-corrected chi connectivity index (χ1v) is 9.06. The van der Waals surface area contributed by atoms with Crippen LogP contribution in [0.3, 0.4) is 0 Å². The number of nitrogens with one attached hydrogen (secondary N) is 2. The second kappa shape index (κ2) is 11.1. The Bertz CT molecular complexity index is 510. The van der Waals surface area contributed by atoms with Crippen molar-refractivity contribution < 1.29 is 17.9 Å². The summed E-state index contributed by atoms with van der Waals surface area (Å²) in [5.74, 6) is 2.01. The number of benzene rings is 1. The number of thioether (sulfide) groups is 1. The third kappa shape index (κ3) is 9.54. The van der Waals surface area contributed by atoms with E-state index in [9.17, 15) is 13.2 Å². The molecule has 1 aromatic carbocycles. The average Bonchev–Trinajstić information content (AvgIpc) is 2.55. The Morgan fingerprint density at radius 1 is 1.25 bits per heavy atom. The first-order chi connectivity index (χ1) is 11.4. The number of alkyl halides is 3. The quantitative estimate of drug-likeness (QED) is 0.401. The fourth-order valence-corrected chi connectivity index (χ4v) is 2.39. The number of aliphatic imine (C=N–C) groups is 1. The van der Waals surface area contributed by atoms with Crippen LogP contribution in [0.25, 0.3) is 0 Å². The molecule has 0 saturated heterocycles. The van der Waals surface area contributed by atoms with Gasteiger partial charge in [-0.15, -0.1) is 0 Å². The van der Waals surface area contributed by atoms with Crippen LogP contribution >= 0.6 is 11.8 Å². The van der Waals surface area contributed by atoms with Gasteiger partial charge in [0.2, 0.25) is 0 Å². The summed E-state index contributed by atoms with van der Waals surface area (Å²) in [5, 5.41) is 6.34. The molecule has 4 nitrogen and oxygen atoms in total. The van der Waals surface area contributed by atoms with Crippen molar-refractivity contribution in [3.8, 4) is 5.75 Å². The summed E-state index contributed by atoms with van der Waals surface area (Å²) in [4.78, 5) is 4.12. The smallest absolute Gasteiger partial charge is 0.422 e. The van der Waals surface area contributed by atoms with Gasteiger partial charge in [-0.05, 0) is 42.5 Å². The lowest BCUT2D eigenvalue weighted by Gasteiger charge is -2.13. The zero-order valence-corrected chi connectivity index (χ0v) is 14.8. The molecule has 1 aromatic rings. The van der Waals surface area contributed by atoms with Crippen LogP contribution in [0.1, 0.15) is 18.4 Å². The number of nitrogens with zero attached hydrogens (tertiary/aromatic N) is 1. The molecule has 1 rings (SSSR count). The first-order valence-electron chi connectivity index (χ1n) is 7.66. The Morgan fingerprint density at radius 2 is 2.04 bits per heavy atom. The van der Waals surface area contributed by atoms with Crippen molar-refractivity contribution in [1.29, 1.82) is 0 Å². The van der Waals surface area contributed by atoms with Gasteiger partial charge in [-0.2, -0.15) is 24.9 Å². The standard InChI is InChI=1S/C16H24F3N3OS/c1-20-15(21-8-3-4-9-24-2)22-11-13-6-5-7-14(10-13)23-12-16(17,18)19/h5-7,10H,3-4,8-9,11-12H2,1-2H3,(H2,20,21,22). The topological polar surface area (TPSA) is 45.7 Å². The molecular weight excluding hydrogens is 339 g/mol. The molecule has 0 unspecified atom stereocenters. The summed E-state index contributed by atoms with van der Waals surface area (Å²) >= 11 is 1.82. The van der Waals surface area contributed by atoms with Gasteiger partial charge < -0.3 is 15.4 Å². The number of rotatable bonds is 9. The van der Waals surface area contributed by atoms with Crippen molar-refractivity contribution in [3.63, 3.8) is 0 Å². The normalized spacial score (nSPS) is 12.1. The summed E-state index contributed by atoms with van der Waals surface area (Å²) in [6.45, 7) is -0.00811. The maximum absolute atomic E-state index is 12.2. The van der Waals surface area contributed by atoms with Crippen LogP contribution < -0.4 is 15.4 Å². The minimum absolute atomic E-state index is 0.201. The molecule has 8 heteroatoms. The minimum Gasteiger partial charge on any atom is -0.484 e. The van der Waals surface area contributed by atoms with E-state index in [2.05, 4.69) is 21.9 Å². The highest BCUT2D eigenvalue weighted by atomic mass is 32.2. The van der Waals surface area contributed by atoms with Crippen LogP contribution in [0.4, 0.5) is 13.2 Å². The van der Waals surface area contributed by atoms with Crippen molar-refractivity contribution in [2.24, 2.45) is 4.99 Å². The van der Waals surface area contributed by atoms with Crippen molar-refractivity contribution in [3.05, 3.63) is 29.8 Å². The summed E-state index contributed by atoms with van der Waals surface area (Å²) < 4.78 is 41.3. The lowest BCUT2D eigenvalue weighted by atomic mass is 10.2. The molecule has 0 aromatic heterocycles. The molecule has 0 radical (unpaired) electrons. The summed E-state index contributed by atoms with van der Waals surface area (Å²) in [5.41, 5.74) is 0.819. The Hall–Kier alpha value is -1.57. The molecule has 0 aliphatic rings. The van der Waals surface area contributed by atoms with Crippen molar-refractivity contribution in [2.75, 3.05) is 32.2 Å². The van der Waals surface area contributed by atoms with Crippen molar-refractivity contribution >= 4 is 17.7 Å². The highest BCUT2D eigenvalue weighted by molar-refractivity contribution is 7.98. The Balaban J connectivity index is 2.39. The van der Waals surface area contributed by atoms with E-state index in [1.54, 1.807) is 19.2 Å². The predicted octanol–water partition coefficient (Wildman–Crippen LogP) is 3.44. The van der Waals surface area contributed by atoms with Gasteiger partial charge in [-0.25, -0.2) is 0 Å². The van der Waals surface area contributed by atoms with Crippen LogP contribution in [0.15, 0.2) is 29.3 Å². The number of unbranched alkanes of at least 4 members (excludes halogenated alkanes) is 1. The monoisotopic (exact) mass is 363 g/mol. The third-order valence-electron chi connectivity index (χ3n) is 3.05. The van der Waals surface area contributed by atoms with Crippen LogP contribution in [0.2, 0.25) is 0 Å². The molecular formula is C16H24F3N3OS. The molecule has 2 N–H and O–H groups in total. The van der Waals surface area contributed by atoms with Crippen LogP contribution in [-0.4, -0.2) is 44.3 Å². The highest BCUT2D eigenvalue weighted by Gasteiger charge is 2.28. The Morgan fingerprint density at radius 3 is 2.71 bits per heavy atom. The summed E-state index contributed by atoms with van der Waals surface area (Å²) in [6, 6.07) is 6.58. The second-order valence-electron chi connectivity index (χ2n) is 5.10. The second-order valence-corrected chi connectivity index (χ2v) is 6.09. The summed E-state index contributed by atoms with van der Waals surface area (Å²) in [7, 11) is 1.68. The van der Waals surface area contributed by atoms with Crippen LogP contribution in [0.5, 0.6) is 5.75 Å². The van der Waals surface area contributed by atoms with Gasteiger partial charge in [0.05, 0.1) is 0 Å². The van der Waals surface area contributed by atoms with Gasteiger partial charge in [0.15, 0.2) is 12.6 Å². The number of halogens is 3. The Kier molecular flexibility index (Phi) is 9.44. The number of hydrogen-bond donors (Lipinski definition) is 2. The molecule has 0 fully saturated rings. The molecule has 0 atom stereocenters. The van der Waals surface area contributed by atoms with E-state index in [-0.39, 0.29) is 5.75 Å². The zero-order chi connectivity index (χ0) is 17.8. The minimum atomic E-state index is -4.34. The summed E-state index contributed by atoms with van der Waals surface area (Å²) in [6.07, 6.45) is -0.0526. The fraction of sp³-hybridized carbons (Fsp3) is 0.562. The molecule has 24 heavy (non-hydrogen) atoms. The van der Waals surface area contributed by atoms with Gasteiger partial charge in [0, 0.05) is 20.1 Å². The van der Waals surface area contributed by atoms with E-state index in [1.807, 2.05) is 17.8 Å². The first kappa shape index (κ1) is 20.5. The molecule has 0 heterocycles. The lowest BCUT2D eigenvalue weighted by molar-refractivity contribution is -0.153. The number of guanidine groups is 1.